The van der Waals surface area contributed by atoms with E-state index in [2.05, 4.69) is 20.9 Å². The highest BCUT2D eigenvalue weighted by Crippen LogP contribution is 2.31. The quantitative estimate of drug-likeness (QED) is 0.713. The summed E-state index contributed by atoms with van der Waals surface area (Å²) in [6, 6.07) is 9.92. The number of anilines is 1. The van der Waals surface area contributed by atoms with Crippen molar-refractivity contribution in [3.8, 4) is 0 Å². The number of hydrogen-bond donors (Lipinski definition) is 1. The first-order valence-electron chi connectivity index (χ1n) is 9.99. The zero-order valence-electron chi connectivity index (χ0n) is 15.7. The van der Waals surface area contributed by atoms with Gasteiger partial charge >= 0.3 is 0 Å². The number of amides is 1. The minimum absolute atomic E-state index is 0.118. The standard InChI is InChI=1S/C22H23ClN4O/c23-15-8-9-20(24-14-15)26-10-12-27(13-11-26)22(28)18-6-3-5-17-16-4-1-2-7-19(16)25-21(17)18/h3,5-6,8-9,14,25H,1-2,4,7,10-13H2. The fourth-order valence-corrected chi connectivity index (χ4v) is 4.58. The number of hydrogen-bond acceptors (Lipinski definition) is 3. The largest absolute Gasteiger partial charge is 0.358 e. The number of carbonyl (C=O) groups is 1. The van der Waals surface area contributed by atoms with Gasteiger partial charge in [-0.2, -0.15) is 0 Å². The molecular formula is C22H23ClN4O. The Kier molecular flexibility index (Phi) is 4.47. The van der Waals surface area contributed by atoms with Gasteiger partial charge in [-0.3, -0.25) is 4.79 Å². The van der Waals surface area contributed by atoms with Gasteiger partial charge in [0.25, 0.3) is 5.91 Å². The van der Waals surface area contributed by atoms with E-state index in [-0.39, 0.29) is 5.91 Å². The third-order valence-corrected chi connectivity index (χ3v) is 6.19. The first-order chi connectivity index (χ1) is 13.7. The number of halogens is 1. The Hall–Kier alpha value is -2.53. The summed E-state index contributed by atoms with van der Waals surface area (Å²) in [5.41, 5.74) is 4.54. The molecule has 0 radical (unpaired) electrons. The topological polar surface area (TPSA) is 52.2 Å². The maximum Gasteiger partial charge on any atom is 0.256 e. The summed E-state index contributed by atoms with van der Waals surface area (Å²) in [4.78, 5) is 25.4. The molecule has 0 bridgehead atoms. The molecule has 1 N–H and O–H groups in total. The van der Waals surface area contributed by atoms with Gasteiger partial charge in [0.1, 0.15) is 5.82 Å². The number of nitrogens with one attached hydrogen (secondary N) is 1. The van der Waals surface area contributed by atoms with E-state index in [0.717, 1.165) is 42.8 Å². The Labute approximate surface area is 169 Å². The number of aryl methyl sites for hydroxylation is 2. The van der Waals surface area contributed by atoms with E-state index < -0.39 is 0 Å². The van der Waals surface area contributed by atoms with Gasteiger partial charge in [0.15, 0.2) is 0 Å². The fourth-order valence-electron chi connectivity index (χ4n) is 4.47. The number of aromatic nitrogens is 2. The first kappa shape index (κ1) is 17.6. The molecule has 144 valence electrons. The van der Waals surface area contributed by atoms with Gasteiger partial charge in [0.2, 0.25) is 0 Å². The van der Waals surface area contributed by atoms with Gasteiger partial charge < -0.3 is 14.8 Å². The van der Waals surface area contributed by atoms with E-state index >= 15 is 0 Å². The average Bonchev–Trinajstić information content (AvgIpc) is 3.13. The predicted molar refractivity (Wildman–Crippen MR) is 112 cm³/mol. The predicted octanol–water partition coefficient (Wildman–Crippen LogP) is 4.06. The SMILES string of the molecule is O=C(c1cccc2c3c([nH]c12)CCCC3)N1CCN(c2ccc(Cl)cn2)CC1. The molecule has 1 aromatic carbocycles. The number of aromatic amines is 1. The summed E-state index contributed by atoms with van der Waals surface area (Å²) in [5.74, 6) is 1.03. The van der Waals surface area contributed by atoms with Crippen LogP contribution in [-0.4, -0.2) is 47.0 Å². The van der Waals surface area contributed by atoms with Crippen molar-refractivity contribution in [2.45, 2.75) is 25.7 Å². The minimum Gasteiger partial charge on any atom is -0.358 e. The average molecular weight is 395 g/mol. The molecule has 1 fully saturated rings. The molecule has 0 spiro atoms. The third-order valence-electron chi connectivity index (χ3n) is 5.97. The Balaban J connectivity index is 1.36. The highest BCUT2D eigenvalue weighted by Gasteiger charge is 2.26. The van der Waals surface area contributed by atoms with Crippen molar-refractivity contribution in [2.24, 2.45) is 0 Å². The van der Waals surface area contributed by atoms with Crippen LogP contribution in [0.25, 0.3) is 10.9 Å². The van der Waals surface area contributed by atoms with Gasteiger partial charge in [-0.25, -0.2) is 4.98 Å². The Morgan fingerprint density at radius 3 is 2.64 bits per heavy atom. The molecule has 3 heterocycles. The van der Waals surface area contributed by atoms with E-state index in [1.807, 2.05) is 29.2 Å². The summed E-state index contributed by atoms with van der Waals surface area (Å²) in [7, 11) is 0. The molecule has 0 saturated carbocycles. The van der Waals surface area contributed by atoms with Gasteiger partial charge in [-0.05, 0) is 49.4 Å². The summed E-state index contributed by atoms with van der Waals surface area (Å²) < 4.78 is 0. The zero-order chi connectivity index (χ0) is 19.1. The second kappa shape index (κ2) is 7.13. The molecule has 6 heteroatoms. The molecule has 0 unspecified atom stereocenters. The normalized spacial score (nSPS) is 17.0. The second-order valence-corrected chi connectivity index (χ2v) is 8.07. The number of para-hydroxylation sites is 1. The Bertz CT molecular complexity index is 1020. The van der Waals surface area contributed by atoms with E-state index in [9.17, 15) is 4.79 Å². The van der Waals surface area contributed by atoms with Gasteiger partial charge in [-0.15, -0.1) is 0 Å². The monoisotopic (exact) mass is 394 g/mol. The molecular weight excluding hydrogens is 372 g/mol. The summed E-state index contributed by atoms with van der Waals surface area (Å²) in [6.07, 6.45) is 6.33. The number of carbonyl (C=O) groups excluding carboxylic acids is 1. The molecule has 28 heavy (non-hydrogen) atoms. The maximum atomic E-state index is 13.3. The van der Waals surface area contributed by atoms with Crippen LogP contribution in [0.1, 0.15) is 34.5 Å². The summed E-state index contributed by atoms with van der Waals surface area (Å²) in [6.45, 7) is 2.94. The molecule has 1 aliphatic heterocycles. The summed E-state index contributed by atoms with van der Waals surface area (Å²) in [5, 5.41) is 1.86. The summed E-state index contributed by atoms with van der Waals surface area (Å²) >= 11 is 5.93. The van der Waals surface area contributed by atoms with Crippen LogP contribution in [0.15, 0.2) is 36.5 Å². The Morgan fingerprint density at radius 2 is 1.86 bits per heavy atom. The lowest BCUT2D eigenvalue weighted by Crippen LogP contribution is -2.49. The number of nitrogens with zero attached hydrogens (tertiary/aromatic N) is 3. The van der Waals surface area contributed by atoms with Crippen LogP contribution in [0.4, 0.5) is 5.82 Å². The van der Waals surface area contributed by atoms with Crippen LogP contribution in [0.3, 0.4) is 0 Å². The number of benzene rings is 1. The van der Waals surface area contributed by atoms with Crippen molar-refractivity contribution < 1.29 is 4.79 Å². The van der Waals surface area contributed by atoms with E-state index in [1.165, 1.54) is 29.5 Å². The molecule has 5 nitrogen and oxygen atoms in total. The highest BCUT2D eigenvalue weighted by molar-refractivity contribution is 6.30. The molecule has 1 saturated heterocycles. The maximum absolute atomic E-state index is 13.3. The van der Waals surface area contributed by atoms with Crippen molar-refractivity contribution >= 4 is 34.2 Å². The van der Waals surface area contributed by atoms with Crippen molar-refractivity contribution in [3.63, 3.8) is 0 Å². The van der Waals surface area contributed by atoms with Gasteiger partial charge in [-0.1, -0.05) is 23.7 Å². The minimum atomic E-state index is 0.118. The fraction of sp³-hybridized carbons (Fsp3) is 0.364. The zero-order valence-corrected chi connectivity index (χ0v) is 16.5. The smallest absolute Gasteiger partial charge is 0.256 e. The number of fused-ring (bicyclic) bond motifs is 3. The number of rotatable bonds is 2. The molecule has 2 aliphatic rings. The van der Waals surface area contributed by atoms with Crippen molar-refractivity contribution in [2.75, 3.05) is 31.1 Å². The van der Waals surface area contributed by atoms with Crippen LogP contribution < -0.4 is 4.90 Å². The lowest BCUT2D eigenvalue weighted by atomic mass is 9.95. The number of pyridine rings is 1. The Morgan fingerprint density at radius 1 is 1.04 bits per heavy atom. The lowest BCUT2D eigenvalue weighted by Gasteiger charge is -2.35. The lowest BCUT2D eigenvalue weighted by molar-refractivity contribution is 0.0748. The third kappa shape index (κ3) is 3.04. The molecule has 3 aromatic rings. The molecule has 1 amide bonds. The molecule has 1 aliphatic carbocycles. The van der Waals surface area contributed by atoms with Crippen LogP contribution in [0, 0.1) is 0 Å². The number of piperazine rings is 1. The molecule has 0 atom stereocenters. The van der Waals surface area contributed by atoms with E-state index in [4.69, 9.17) is 11.6 Å². The van der Waals surface area contributed by atoms with Crippen molar-refractivity contribution in [1.29, 1.82) is 0 Å². The first-order valence-corrected chi connectivity index (χ1v) is 10.4. The highest BCUT2D eigenvalue weighted by atomic mass is 35.5. The van der Waals surface area contributed by atoms with Crippen LogP contribution in [-0.2, 0) is 12.8 Å². The van der Waals surface area contributed by atoms with E-state index in [1.54, 1.807) is 6.20 Å². The van der Waals surface area contributed by atoms with Crippen molar-refractivity contribution in [3.05, 3.63) is 58.4 Å². The number of H-pyrrole nitrogens is 1. The second-order valence-electron chi connectivity index (χ2n) is 7.63. The molecule has 5 rings (SSSR count). The van der Waals surface area contributed by atoms with Crippen LogP contribution in [0.2, 0.25) is 5.02 Å². The van der Waals surface area contributed by atoms with Crippen LogP contribution in [0.5, 0.6) is 0 Å². The van der Waals surface area contributed by atoms with Gasteiger partial charge in [0, 0.05) is 43.5 Å². The van der Waals surface area contributed by atoms with Gasteiger partial charge in [0.05, 0.1) is 16.1 Å². The van der Waals surface area contributed by atoms with E-state index in [0.29, 0.717) is 18.1 Å². The van der Waals surface area contributed by atoms with Crippen LogP contribution >= 0.6 is 11.6 Å². The van der Waals surface area contributed by atoms with Crippen molar-refractivity contribution in [1.82, 2.24) is 14.9 Å². The molecule has 2 aromatic heterocycles.